The highest BCUT2D eigenvalue weighted by atomic mass is 31.2. The highest BCUT2D eigenvalue weighted by Gasteiger charge is 2.11. The summed E-state index contributed by atoms with van der Waals surface area (Å²) in [6, 6.07) is 0. The lowest BCUT2D eigenvalue weighted by atomic mass is 10.8. The lowest BCUT2D eigenvalue weighted by molar-refractivity contribution is 0.346. The van der Waals surface area contributed by atoms with E-state index in [4.69, 9.17) is 4.52 Å². The van der Waals surface area contributed by atoms with E-state index in [1.54, 1.807) is 23.8 Å². The van der Waals surface area contributed by atoms with Gasteiger partial charge in [0.25, 0.3) is 0 Å². The minimum Gasteiger partial charge on any atom is -0.323 e. The van der Waals surface area contributed by atoms with E-state index in [2.05, 4.69) is 0 Å². The van der Waals surface area contributed by atoms with Crippen LogP contribution in [0.25, 0.3) is 0 Å². The summed E-state index contributed by atoms with van der Waals surface area (Å²) >= 11 is 0. The molecule has 0 saturated heterocycles. The predicted octanol–water partition coefficient (Wildman–Crippen LogP) is 3.37. The first kappa shape index (κ1) is 10.7. The fourth-order valence-corrected chi connectivity index (χ4v) is 2.26. The van der Waals surface area contributed by atoms with E-state index in [1.807, 2.05) is 20.8 Å². The maximum absolute atomic E-state index is 11.6. The van der Waals surface area contributed by atoms with Crippen LogP contribution in [0.2, 0.25) is 0 Å². The Labute approximate surface area is 68.4 Å². The molecular formula is C8H15O2P. The Morgan fingerprint density at radius 1 is 1.27 bits per heavy atom. The summed E-state index contributed by atoms with van der Waals surface area (Å²) in [7, 11) is -2.58. The average Bonchev–Trinajstić information content (AvgIpc) is 1.88. The molecule has 64 valence electrons. The van der Waals surface area contributed by atoms with E-state index in [1.165, 1.54) is 0 Å². The second kappa shape index (κ2) is 5.34. The van der Waals surface area contributed by atoms with Gasteiger partial charge in [-0.1, -0.05) is 12.2 Å². The van der Waals surface area contributed by atoms with Gasteiger partial charge in [0.1, 0.15) is 0 Å². The van der Waals surface area contributed by atoms with Gasteiger partial charge in [-0.3, -0.25) is 4.57 Å². The van der Waals surface area contributed by atoms with E-state index in [-0.39, 0.29) is 0 Å². The molecule has 0 spiro atoms. The van der Waals surface area contributed by atoms with E-state index in [0.29, 0.717) is 6.61 Å². The second-order valence-electron chi connectivity index (χ2n) is 2.03. The molecule has 0 atom stereocenters. The molecule has 0 bridgehead atoms. The average molecular weight is 174 g/mol. The van der Waals surface area contributed by atoms with Gasteiger partial charge in [0, 0.05) is 11.6 Å². The molecule has 0 aliphatic rings. The Morgan fingerprint density at radius 2 is 1.73 bits per heavy atom. The van der Waals surface area contributed by atoms with Gasteiger partial charge in [0.15, 0.2) is 0 Å². The summed E-state index contributed by atoms with van der Waals surface area (Å²) in [6.45, 7) is 5.97. The minimum absolute atomic E-state index is 0.478. The van der Waals surface area contributed by atoms with Crippen LogP contribution in [0.5, 0.6) is 0 Å². The fourth-order valence-electron chi connectivity index (χ4n) is 0.753. The standard InChI is InChI=1S/C8H15O2P/c1-4-7-11(9,8-5-2)10-6-3/h4-5,7-8H,6H2,1-3H3. The molecule has 0 heterocycles. The maximum Gasteiger partial charge on any atom is 0.246 e. The first-order chi connectivity index (χ1) is 5.18. The molecule has 0 aliphatic carbocycles. The topological polar surface area (TPSA) is 26.3 Å². The summed E-state index contributed by atoms with van der Waals surface area (Å²) in [5.41, 5.74) is 0. The Kier molecular flexibility index (Phi) is 5.18. The lowest BCUT2D eigenvalue weighted by Gasteiger charge is -2.07. The zero-order valence-electron chi connectivity index (χ0n) is 7.28. The van der Waals surface area contributed by atoms with Crippen molar-refractivity contribution in [3.8, 4) is 0 Å². The number of allylic oxidation sites excluding steroid dienone is 2. The van der Waals surface area contributed by atoms with Crippen LogP contribution in [0.4, 0.5) is 0 Å². The highest BCUT2D eigenvalue weighted by Crippen LogP contribution is 2.49. The van der Waals surface area contributed by atoms with Crippen LogP contribution in [0, 0.1) is 0 Å². The van der Waals surface area contributed by atoms with E-state index in [0.717, 1.165) is 0 Å². The zero-order chi connectivity index (χ0) is 8.74. The van der Waals surface area contributed by atoms with Crippen LogP contribution in [-0.4, -0.2) is 6.61 Å². The molecule has 0 N–H and O–H groups in total. The van der Waals surface area contributed by atoms with E-state index >= 15 is 0 Å². The van der Waals surface area contributed by atoms with Crippen LogP contribution in [0.1, 0.15) is 20.8 Å². The molecule has 0 aliphatic heterocycles. The number of hydrogen-bond donors (Lipinski definition) is 0. The Morgan fingerprint density at radius 3 is 2.00 bits per heavy atom. The van der Waals surface area contributed by atoms with Crippen molar-refractivity contribution in [1.29, 1.82) is 0 Å². The summed E-state index contributed by atoms with van der Waals surface area (Å²) in [5, 5.41) is 0. The fraction of sp³-hybridized carbons (Fsp3) is 0.500. The van der Waals surface area contributed by atoms with Crippen LogP contribution in [0.15, 0.2) is 23.8 Å². The molecule has 0 aromatic rings. The third-order valence-corrected chi connectivity index (χ3v) is 3.13. The number of hydrogen-bond acceptors (Lipinski definition) is 2. The first-order valence-electron chi connectivity index (χ1n) is 3.70. The summed E-state index contributed by atoms with van der Waals surface area (Å²) in [4.78, 5) is 0. The molecule has 0 rings (SSSR count). The Hall–Kier alpha value is -0.330. The van der Waals surface area contributed by atoms with Crippen LogP contribution in [0.3, 0.4) is 0 Å². The minimum atomic E-state index is -2.58. The molecule has 0 aromatic carbocycles. The highest BCUT2D eigenvalue weighted by molar-refractivity contribution is 7.65. The van der Waals surface area contributed by atoms with Crippen molar-refractivity contribution in [2.75, 3.05) is 6.61 Å². The van der Waals surface area contributed by atoms with Crippen molar-refractivity contribution in [2.45, 2.75) is 20.8 Å². The van der Waals surface area contributed by atoms with Crippen molar-refractivity contribution in [3.63, 3.8) is 0 Å². The van der Waals surface area contributed by atoms with Gasteiger partial charge in [0.2, 0.25) is 7.37 Å². The normalized spacial score (nSPS) is 17.7. The predicted molar refractivity (Wildman–Crippen MR) is 48.9 cm³/mol. The van der Waals surface area contributed by atoms with Gasteiger partial charge >= 0.3 is 0 Å². The van der Waals surface area contributed by atoms with Gasteiger partial charge in [-0.2, -0.15) is 0 Å². The van der Waals surface area contributed by atoms with Crippen LogP contribution in [-0.2, 0) is 9.09 Å². The molecule has 0 aromatic heterocycles. The van der Waals surface area contributed by atoms with E-state index in [9.17, 15) is 4.57 Å². The molecule has 0 amide bonds. The lowest BCUT2D eigenvalue weighted by Crippen LogP contribution is -1.82. The number of rotatable bonds is 4. The molecule has 0 radical (unpaired) electrons. The monoisotopic (exact) mass is 174 g/mol. The van der Waals surface area contributed by atoms with Crippen LogP contribution < -0.4 is 0 Å². The van der Waals surface area contributed by atoms with Gasteiger partial charge in [-0.15, -0.1) is 0 Å². The van der Waals surface area contributed by atoms with Gasteiger partial charge in [-0.25, -0.2) is 0 Å². The smallest absolute Gasteiger partial charge is 0.246 e. The summed E-state index contributed by atoms with van der Waals surface area (Å²) in [6.07, 6.45) is 3.49. The zero-order valence-corrected chi connectivity index (χ0v) is 8.17. The second-order valence-corrected chi connectivity index (χ2v) is 4.17. The van der Waals surface area contributed by atoms with Crippen molar-refractivity contribution in [2.24, 2.45) is 0 Å². The third kappa shape index (κ3) is 4.18. The maximum atomic E-state index is 11.6. The van der Waals surface area contributed by atoms with Crippen molar-refractivity contribution < 1.29 is 9.09 Å². The Balaban J connectivity index is 4.39. The molecule has 11 heavy (non-hydrogen) atoms. The SMILES string of the molecule is CC=CP(=O)(C=CC)OCC. The molecular weight excluding hydrogens is 159 g/mol. The first-order valence-corrected chi connectivity index (χ1v) is 5.46. The van der Waals surface area contributed by atoms with Crippen molar-refractivity contribution in [3.05, 3.63) is 23.8 Å². The summed E-state index contributed by atoms with van der Waals surface area (Å²) < 4.78 is 16.7. The van der Waals surface area contributed by atoms with Crippen molar-refractivity contribution >= 4 is 7.37 Å². The molecule has 3 heteroatoms. The van der Waals surface area contributed by atoms with Gasteiger partial charge in [-0.05, 0) is 20.8 Å². The molecule has 0 unspecified atom stereocenters. The van der Waals surface area contributed by atoms with Crippen molar-refractivity contribution in [1.82, 2.24) is 0 Å². The molecule has 0 saturated carbocycles. The third-order valence-electron chi connectivity index (χ3n) is 1.04. The van der Waals surface area contributed by atoms with E-state index < -0.39 is 7.37 Å². The van der Waals surface area contributed by atoms with Gasteiger partial charge in [0.05, 0.1) is 6.61 Å². The summed E-state index contributed by atoms with van der Waals surface area (Å²) in [5.74, 6) is 3.22. The molecule has 0 fully saturated rings. The Bertz CT molecular complexity index is 178. The molecule has 2 nitrogen and oxygen atoms in total. The largest absolute Gasteiger partial charge is 0.323 e. The quantitative estimate of drug-likeness (QED) is 0.611. The van der Waals surface area contributed by atoms with Gasteiger partial charge < -0.3 is 4.52 Å². The van der Waals surface area contributed by atoms with Crippen LogP contribution >= 0.6 is 7.37 Å².